The Hall–Kier alpha value is -2.14. The first-order valence-electron chi connectivity index (χ1n) is 5.92. The predicted octanol–water partition coefficient (Wildman–Crippen LogP) is 3.18. The van der Waals surface area contributed by atoms with Crippen LogP contribution in [0.5, 0.6) is 0 Å². The van der Waals surface area contributed by atoms with E-state index in [-0.39, 0.29) is 11.3 Å². The van der Waals surface area contributed by atoms with Crippen LogP contribution in [0.1, 0.15) is 18.5 Å². The van der Waals surface area contributed by atoms with Gasteiger partial charge < -0.3 is 10.3 Å². The summed E-state index contributed by atoms with van der Waals surface area (Å²) in [5.74, 6) is 0.632. The normalized spacial score (nSPS) is 12.5. The molecule has 0 saturated carbocycles. The average Bonchev–Trinajstić information content (AvgIpc) is 2.88. The van der Waals surface area contributed by atoms with Crippen molar-refractivity contribution < 1.29 is 0 Å². The van der Waals surface area contributed by atoms with Gasteiger partial charge in [-0.05, 0) is 24.1 Å². The fourth-order valence-corrected chi connectivity index (χ4v) is 2.11. The van der Waals surface area contributed by atoms with Gasteiger partial charge >= 0.3 is 0 Å². The van der Waals surface area contributed by atoms with Gasteiger partial charge in [-0.15, -0.1) is 0 Å². The van der Waals surface area contributed by atoms with Gasteiger partial charge in [0.05, 0.1) is 12.4 Å². The maximum Gasteiger partial charge on any atom is 0.226 e. The molecule has 5 nitrogen and oxygen atoms in total. The molecule has 3 aromatic rings. The number of imidazole rings is 1. The molecule has 3 rings (SSSR count). The summed E-state index contributed by atoms with van der Waals surface area (Å²) in [6.07, 6.45) is 1.58. The number of rotatable bonds is 3. The lowest BCUT2D eigenvalue weighted by Crippen LogP contribution is -2.08. The van der Waals surface area contributed by atoms with E-state index in [9.17, 15) is 0 Å². The summed E-state index contributed by atoms with van der Waals surface area (Å²) in [4.78, 5) is 15.4. The molecule has 0 aliphatic heterocycles. The van der Waals surface area contributed by atoms with Crippen LogP contribution in [0.3, 0.4) is 0 Å². The molecule has 2 aromatic heterocycles. The fourth-order valence-electron chi connectivity index (χ4n) is 1.94. The molecule has 0 fully saturated rings. The number of anilines is 1. The number of hydrogen-bond donors (Lipinski definition) is 2. The monoisotopic (exact) mass is 273 g/mol. The van der Waals surface area contributed by atoms with Crippen LogP contribution >= 0.6 is 11.6 Å². The second-order valence-corrected chi connectivity index (χ2v) is 4.56. The molecule has 0 aliphatic carbocycles. The lowest BCUT2D eigenvalue weighted by atomic mass is 10.1. The summed E-state index contributed by atoms with van der Waals surface area (Å²) in [6, 6.07) is 10.2. The van der Waals surface area contributed by atoms with Crippen molar-refractivity contribution in [3.05, 3.63) is 47.5 Å². The van der Waals surface area contributed by atoms with E-state index < -0.39 is 0 Å². The second kappa shape index (κ2) is 4.85. The molecule has 2 N–H and O–H groups in total. The molecular formula is C13H12ClN5. The Morgan fingerprint density at radius 3 is 2.79 bits per heavy atom. The van der Waals surface area contributed by atoms with Crippen LogP contribution in [-0.2, 0) is 0 Å². The predicted molar refractivity (Wildman–Crippen MR) is 75.2 cm³/mol. The Kier molecular flexibility index (Phi) is 3.05. The van der Waals surface area contributed by atoms with Crippen LogP contribution in [0.15, 0.2) is 36.7 Å². The van der Waals surface area contributed by atoms with Gasteiger partial charge in [0, 0.05) is 0 Å². The lowest BCUT2D eigenvalue weighted by Gasteiger charge is -2.15. The summed E-state index contributed by atoms with van der Waals surface area (Å²) < 4.78 is 0. The van der Waals surface area contributed by atoms with Gasteiger partial charge in [-0.3, -0.25) is 0 Å². The average molecular weight is 274 g/mol. The van der Waals surface area contributed by atoms with Crippen LogP contribution < -0.4 is 5.32 Å². The minimum Gasteiger partial charge on any atom is -0.362 e. The third-order valence-electron chi connectivity index (χ3n) is 2.90. The molecule has 2 heterocycles. The Morgan fingerprint density at radius 1 is 1.21 bits per heavy atom. The zero-order valence-electron chi connectivity index (χ0n) is 10.3. The molecule has 0 radical (unpaired) electrons. The van der Waals surface area contributed by atoms with Crippen molar-refractivity contribution in [2.24, 2.45) is 0 Å². The van der Waals surface area contributed by atoms with Gasteiger partial charge in [0.15, 0.2) is 11.5 Å². The number of halogens is 1. The standard InChI is InChI=1S/C13H12ClN5/c1-8(9-5-3-2-4-6-9)17-12-10-11(16-7-15-10)18-13(14)19-12/h2-8H,1H3,(H2,15,16,17,18,19). The third-order valence-corrected chi connectivity index (χ3v) is 3.07. The van der Waals surface area contributed by atoms with Crippen molar-refractivity contribution in [3.63, 3.8) is 0 Å². The molecule has 0 aliphatic rings. The van der Waals surface area contributed by atoms with E-state index >= 15 is 0 Å². The van der Waals surface area contributed by atoms with Gasteiger partial charge in [0.1, 0.15) is 5.52 Å². The van der Waals surface area contributed by atoms with Crippen molar-refractivity contribution in [2.45, 2.75) is 13.0 Å². The van der Waals surface area contributed by atoms with E-state index in [0.29, 0.717) is 17.0 Å². The van der Waals surface area contributed by atoms with Gasteiger partial charge in [0.25, 0.3) is 0 Å². The zero-order valence-corrected chi connectivity index (χ0v) is 11.0. The van der Waals surface area contributed by atoms with Crippen molar-refractivity contribution in [1.29, 1.82) is 0 Å². The van der Waals surface area contributed by atoms with Crippen molar-refractivity contribution >= 4 is 28.6 Å². The number of nitrogens with zero attached hydrogens (tertiary/aromatic N) is 3. The SMILES string of the molecule is CC(Nc1nc(Cl)nc2[nH]cnc12)c1ccccc1. The Balaban J connectivity index is 1.95. The lowest BCUT2D eigenvalue weighted by molar-refractivity contribution is 0.875. The van der Waals surface area contributed by atoms with E-state index in [1.54, 1.807) is 6.33 Å². The highest BCUT2D eigenvalue weighted by atomic mass is 35.5. The number of aromatic nitrogens is 4. The Bertz CT molecular complexity index is 695. The van der Waals surface area contributed by atoms with E-state index in [1.807, 2.05) is 18.2 Å². The fraction of sp³-hybridized carbons (Fsp3) is 0.154. The van der Waals surface area contributed by atoms with E-state index in [1.165, 1.54) is 5.56 Å². The molecule has 1 unspecified atom stereocenters. The second-order valence-electron chi connectivity index (χ2n) is 4.22. The van der Waals surface area contributed by atoms with Crippen LogP contribution in [0.25, 0.3) is 11.2 Å². The molecule has 0 amide bonds. The molecule has 0 spiro atoms. The number of benzene rings is 1. The number of nitrogens with one attached hydrogen (secondary N) is 2. The maximum atomic E-state index is 5.90. The van der Waals surface area contributed by atoms with E-state index in [4.69, 9.17) is 11.6 Å². The minimum atomic E-state index is 0.104. The highest BCUT2D eigenvalue weighted by Gasteiger charge is 2.12. The smallest absolute Gasteiger partial charge is 0.226 e. The quantitative estimate of drug-likeness (QED) is 0.719. The summed E-state index contributed by atoms with van der Waals surface area (Å²) in [7, 11) is 0. The first-order valence-corrected chi connectivity index (χ1v) is 6.30. The largest absolute Gasteiger partial charge is 0.362 e. The molecule has 19 heavy (non-hydrogen) atoms. The van der Waals surface area contributed by atoms with Crippen LogP contribution in [-0.4, -0.2) is 19.9 Å². The highest BCUT2D eigenvalue weighted by Crippen LogP contribution is 2.23. The molecule has 6 heteroatoms. The van der Waals surface area contributed by atoms with Gasteiger partial charge in [0.2, 0.25) is 5.28 Å². The van der Waals surface area contributed by atoms with Gasteiger partial charge in [-0.1, -0.05) is 30.3 Å². The number of fused-ring (bicyclic) bond motifs is 1. The van der Waals surface area contributed by atoms with Gasteiger partial charge in [-0.2, -0.15) is 9.97 Å². The van der Waals surface area contributed by atoms with Crippen LogP contribution in [0.2, 0.25) is 5.28 Å². The van der Waals surface area contributed by atoms with E-state index in [2.05, 4.69) is 44.3 Å². The topological polar surface area (TPSA) is 66.5 Å². The summed E-state index contributed by atoms with van der Waals surface area (Å²) >= 11 is 5.90. The molecule has 0 saturated heterocycles. The molecule has 1 aromatic carbocycles. The molecule has 96 valence electrons. The highest BCUT2D eigenvalue weighted by molar-refractivity contribution is 6.28. The summed E-state index contributed by atoms with van der Waals surface area (Å²) in [6.45, 7) is 2.06. The Morgan fingerprint density at radius 2 is 2.00 bits per heavy atom. The molecular weight excluding hydrogens is 262 g/mol. The molecule has 1 atom stereocenters. The maximum absolute atomic E-state index is 5.90. The number of hydrogen-bond acceptors (Lipinski definition) is 4. The summed E-state index contributed by atoms with van der Waals surface area (Å²) in [5.41, 5.74) is 2.48. The first-order chi connectivity index (χ1) is 9.24. The minimum absolute atomic E-state index is 0.104. The first kappa shape index (κ1) is 11.9. The van der Waals surface area contributed by atoms with Crippen molar-refractivity contribution in [3.8, 4) is 0 Å². The van der Waals surface area contributed by atoms with Crippen LogP contribution in [0, 0.1) is 0 Å². The molecule has 0 bridgehead atoms. The third kappa shape index (κ3) is 2.37. The number of aromatic amines is 1. The van der Waals surface area contributed by atoms with Crippen molar-refractivity contribution in [2.75, 3.05) is 5.32 Å². The van der Waals surface area contributed by atoms with E-state index in [0.717, 1.165) is 0 Å². The summed E-state index contributed by atoms with van der Waals surface area (Å²) in [5, 5.41) is 3.50. The van der Waals surface area contributed by atoms with Gasteiger partial charge in [-0.25, -0.2) is 4.98 Å². The zero-order chi connectivity index (χ0) is 13.2. The van der Waals surface area contributed by atoms with Crippen LogP contribution in [0.4, 0.5) is 5.82 Å². The Labute approximate surface area is 115 Å². The van der Waals surface area contributed by atoms with Crippen molar-refractivity contribution in [1.82, 2.24) is 19.9 Å². The number of H-pyrrole nitrogens is 1.